The van der Waals surface area contributed by atoms with E-state index in [0.29, 0.717) is 18.9 Å². The van der Waals surface area contributed by atoms with Gasteiger partial charge in [0.25, 0.3) is 0 Å². The summed E-state index contributed by atoms with van der Waals surface area (Å²) in [4.78, 5) is 28.5. The Balaban J connectivity index is 1.86. The zero-order valence-electron chi connectivity index (χ0n) is 13.5. The first-order valence-electron chi connectivity index (χ1n) is 7.39. The van der Waals surface area contributed by atoms with Crippen molar-refractivity contribution in [2.24, 2.45) is 0 Å². The molecule has 0 bridgehead atoms. The number of nitrogens with zero attached hydrogens (tertiary/aromatic N) is 3. The van der Waals surface area contributed by atoms with Crippen LogP contribution in [0.25, 0.3) is 0 Å². The maximum absolute atomic E-state index is 12.0. The van der Waals surface area contributed by atoms with E-state index in [0.717, 1.165) is 0 Å². The van der Waals surface area contributed by atoms with Crippen LogP contribution in [0.3, 0.4) is 0 Å². The van der Waals surface area contributed by atoms with Crippen LogP contribution in [0.1, 0.15) is 33.1 Å². The normalized spacial score (nSPS) is 16.7. The molecule has 23 heavy (non-hydrogen) atoms. The zero-order chi connectivity index (χ0) is 17.1. The Hall–Kier alpha value is -2.16. The van der Waals surface area contributed by atoms with Gasteiger partial charge in [-0.3, -0.25) is 4.79 Å². The van der Waals surface area contributed by atoms with Crippen LogP contribution >= 0.6 is 0 Å². The van der Waals surface area contributed by atoms with Crippen LogP contribution in [-0.4, -0.2) is 63.0 Å². The molecule has 2 N–H and O–H groups in total. The number of aliphatic carboxylic acids is 1. The molecule has 0 atom stereocenters. The van der Waals surface area contributed by atoms with Crippen molar-refractivity contribution in [3.8, 4) is 0 Å². The lowest BCUT2D eigenvalue weighted by Gasteiger charge is -2.49. The maximum Gasteiger partial charge on any atom is 0.410 e. The van der Waals surface area contributed by atoms with Crippen LogP contribution in [0.5, 0.6) is 0 Å². The largest absolute Gasteiger partial charge is 0.481 e. The van der Waals surface area contributed by atoms with Gasteiger partial charge in [0.05, 0.1) is 12.0 Å². The van der Waals surface area contributed by atoms with Crippen molar-refractivity contribution in [2.45, 2.75) is 44.8 Å². The molecule has 0 aromatic carbocycles. The molecule has 0 unspecified atom stereocenters. The Morgan fingerprint density at radius 3 is 2.70 bits per heavy atom. The summed E-state index contributed by atoms with van der Waals surface area (Å²) >= 11 is 0. The van der Waals surface area contributed by atoms with Crippen molar-refractivity contribution < 1.29 is 24.0 Å². The van der Waals surface area contributed by atoms with Crippen molar-refractivity contribution in [3.05, 3.63) is 12.2 Å². The highest BCUT2D eigenvalue weighted by Crippen LogP contribution is 2.26. The number of carboxylic acid groups (broad SMARTS) is 1. The van der Waals surface area contributed by atoms with E-state index in [1.807, 2.05) is 0 Å². The smallest absolute Gasteiger partial charge is 0.410 e. The number of hydrogen-bond acceptors (Lipinski definition) is 7. The van der Waals surface area contributed by atoms with Gasteiger partial charge in [-0.2, -0.15) is 4.98 Å². The number of hydrogen-bond donors (Lipinski definition) is 2. The number of carboxylic acids is 1. The third kappa shape index (κ3) is 4.92. The molecule has 2 rings (SSSR count). The van der Waals surface area contributed by atoms with Gasteiger partial charge in [0.1, 0.15) is 5.60 Å². The summed E-state index contributed by atoms with van der Waals surface area (Å²) in [6.45, 7) is 6.43. The van der Waals surface area contributed by atoms with E-state index in [2.05, 4.69) is 15.5 Å². The summed E-state index contributed by atoms with van der Waals surface area (Å²) in [5.41, 5.74) is -1.23. The quantitative estimate of drug-likeness (QED) is 0.783. The Morgan fingerprint density at radius 1 is 1.48 bits per heavy atom. The van der Waals surface area contributed by atoms with Crippen molar-refractivity contribution in [1.29, 1.82) is 0 Å². The summed E-state index contributed by atoms with van der Waals surface area (Å²) in [5.74, 6) is -0.439. The van der Waals surface area contributed by atoms with Crippen molar-refractivity contribution >= 4 is 12.1 Å². The molecule has 128 valence electrons. The minimum absolute atomic E-state index is 0.0733. The molecule has 0 aliphatic carbocycles. The van der Waals surface area contributed by atoms with Crippen molar-refractivity contribution in [3.63, 3.8) is 0 Å². The molecule has 0 radical (unpaired) electrons. The minimum Gasteiger partial charge on any atom is -0.481 e. The predicted octanol–water partition coefficient (Wildman–Crippen LogP) is 0.666. The topological polar surface area (TPSA) is 118 Å². The average molecular weight is 326 g/mol. The second-order valence-corrected chi connectivity index (χ2v) is 6.70. The molecule has 9 heteroatoms. The van der Waals surface area contributed by atoms with Gasteiger partial charge in [-0.1, -0.05) is 5.16 Å². The van der Waals surface area contributed by atoms with Crippen molar-refractivity contribution in [2.75, 3.05) is 19.6 Å². The molecule has 9 nitrogen and oxygen atoms in total. The molecule has 1 aromatic heterocycles. The van der Waals surface area contributed by atoms with Gasteiger partial charge in [0, 0.05) is 26.1 Å². The summed E-state index contributed by atoms with van der Waals surface area (Å²) in [6.07, 6.45) is 1.30. The van der Waals surface area contributed by atoms with Crippen LogP contribution in [0.4, 0.5) is 4.79 Å². The predicted molar refractivity (Wildman–Crippen MR) is 78.8 cm³/mol. The molecule has 1 aliphatic rings. The lowest BCUT2D eigenvalue weighted by molar-refractivity contribution is -0.141. The Bertz CT molecular complexity index is 546. The third-order valence-corrected chi connectivity index (χ3v) is 3.37. The van der Waals surface area contributed by atoms with Gasteiger partial charge in [0.2, 0.25) is 5.89 Å². The SMILES string of the molecule is CC(C)(C)OC(=O)N1CC(CC(=O)O)(NCCc2ncno2)C1. The Kier molecular flexibility index (Phi) is 4.88. The fraction of sp³-hybridized carbons (Fsp3) is 0.714. The first kappa shape index (κ1) is 17.2. The van der Waals surface area contributed by atoms with E-state index in [9.17, 15) is 9.59 Å². The molecule has 1 fully saturated rings. The lowest BCUT2D eigenvalue weighted by atomic mass is 9.86. The molecule has 1 aromatic rings. The highest BCUT2D eigenvalue weighted by molar-refractivity contribution is 5.73. The monoisotopic (exact) mass is 326 g/mol. The van der Waals surface area contributed by atoms with Gasteiger partial charge in [0.15, 0.2) is 6.33 Å². The van der Waals surface area contributed by atoms with E-state index < -0.39 is 23.2 Å². The Morgan fingerprint density at radius 2 is 2.17 bits per heavy atom. The van der Waals surface area contributed by atoms with Gasteiger partial charge in [-0.25, -0.2) is 4.79 Å². The molecular formula is C14H22N4O5. The molecule has 0 spiro atoms. The van der Waals surface area contributed by atoms with Crippen LogP contribution in [0, 0.1) is 0 Å². The summed E-state index contributed by atoms with van der Waals surface area (Å²) in [6, 6.07) is 0. The van der Waals surface area contributed by atoms with E-state index >= 15 is 0 Å². The fourth-order valence-electron chi connectivity index (χ4n) is 2.46. The summed E-state index contributed by atoms with van der Waals surface area (Å²) < 4.78 is 10.2. The molecular weight excluding hydrogens is 304 g/mol. The molecule has 1 aliphatic heterocycles. The van der Waals surface area contributed by atoms with Gasteiger partial charge >= 0.3 is 12.1 Å². The van der Waals surface area contributed by atoms with Crippen LogP contribution in [-0.2, 0) is 16.0 Å². The lowest BCUT2D eigenvalue weighted by Crippen LogP contribution is -2.71. The van der Waals surface area contributed by atoms with Crippen molar-refractivity contribution in [1.82, 2.24) is 20.4 Å². The van der Waals surface area contributed by atoms with Gasteiger partial charge in [-0.05, 0) is 20.8 Å². The summed E-state index contributed by atoms with van der Waals surface area (Å²) in [5, 5.41) is 15.8. The number of amides is 1. The molecule has 0 saturated carbocycles. The number of carbonyl (C=O) groups is 2. The number of carbonyl (C=O) groups excluding carboxylic acids is 1. The first-order chi connectivity index (χ1) is 10.7. The molecule has 1 amide bonds. The zero-order valence-corrected chi connectivity index (χ0v) is 13.5. The fourth-order valence-corrected chi connectivity index (χ4v) is 2.46. The molecule has 2 heterocycles. The van der Waals surface area contributed by atoms with E-state index in [4.69, 9.17) is 14.4 Å². The number of rotatable bonds is 6. The average Bonchev–Trinajstić information content (AvgIpc) is 2.85. The van der Waals surface area contributed by atoms with Crippen LogP contribution < -0.4 is 5.32 Å². The maximum atomic E-state index is 12.0. The Labute approximate surface area is 134 Å². The minimum atomic E-state index is -0.917. The summed E-state index contributed by atoms with van der Waals surface area (Å²) in [7, 11) is 0. The van der Waals surface area contributed by atoms with Crippen LogP contribution in [0.15, 0.2) is 10.9 Å². The number of likely N-dealkylation sites (tertiary alicyclic amines) is 1. The first-order valence-corrected chi connectivity index (χ1v) is 7.39. The second-order valence-electron chi connectivity index (χ2n) is 6.70. The number of ether oxygens (including phenoxy) is 1. The number of nitrogens with one attached hydrogen (secondary N) is 1. The number of aromatic nitrogens is 2. The van der Waals surface area contributed by atoms with E-state index in [-0.39, 0.29) is 19.5 Å². The highest BCUT2D eigenvalue weighted by Gasteiger charge is 2.47. The van der Waals surface area contributed by atoms with Crippen LogP contribution in [0.2, 0.25) is 0 Å². The highest BCUT2D eigenvalue weighted by atomic mass is 16.6. The standard InChI is InChI=1S/C14H22N4O5/c1-13(2,3)22-12(21)18-7-14(8-18,6-11(19)20)16-5-4-10-15-9-17-23-10/h9,16H,4-8H2,1-3H3,(H,19,20). The van der Waals surface area contributed by atoms with Gasteiger partial charge < -0.3 is 24.6 Å². The van der Waals surface area contributed by atoms with E-state index in [1.165, 1.54) is 11.2 Å². The molecule has 1 saturated heterocycles. The van der Waals surface area contributed by atoms with E-state index in [1.54, 1.807) is 20.8 Å². The third-order valence-electron chi connectivity index (χ3n) is 3.37. The second kappa shape index (κ2) is 6.53. The van der Waals surface area contributed by atoms with Gasteiger partial charge in [-0.15, -0.1) is 0 Å².